The first kappa shape index (κ1) is 22.3. The molecule has 1 saturated carbocycles. The Balaban J connectivity index is 1.35. The van der Waals surface area contributed by atoms with Crippen molar-refractivity contribution in [2.75, 3.05) is 19.7 Å². The molecule has 2 bridgehead atoms. The van der Waals surface area contributed by atoms with Gasteiger partial charge in [-0.25, -0.2) is 14.8 Å². The number of nitrogens with zero attached hydrogens (tertiary/aromatic N) is 4. The first-order valence-corrected chi connectivity index (χ1v) is 12.5. The molecule has 3 saturated heterocycles. The van der Waals surface area contributed by atoms with Crippen LogP contribution in [0.4, 0.5) is 4.79 Å². The van der Waals surface area contributed by atoms with Crippen LogP contribution in [0, 0.1) is 5.92 Å². The van der Waals surface area contributed by atoms with E-state index in [0.717, 1.165) is 30.9 Å². The number of carbonyl (C=O) groups excluding carboxylic acids is 1. The van der Waals surface area contributed by atoms with Gasteiger partial charge in [0.25, 0.3) is 0 Å². The average molecular weight is 450 g/mol. The molecule has 4 aliphatic rings. The van der Waals surface area contributed by atoms with E-state index in [0.29, 0.717) is 30.4 Å². The third-order valence-corrected chi connectivity index (χ3v) is 7.55. The molecule has 7 nitrogen and oxygen atoms in total. The first-order valence-electron chi connectivity index (χ1n) is 12.5. The van der Waals surface area contributed by atoms with Crippen LogP contribution in [0.15, 0.2) is 30.6 Å². The Kier molecular flexibility index (Phi) is 6.58. The van der Waals surface area contributed by atoms with Gasteiger partial charge in [-0.1, -0.05) is 12.8 Å². The van der Waals surface area contributed by atoms with Crippen molar-refractivity contribution >= 4 is 6.09 Å². The molecule has 5 heterocycles. The summed E-state index contributed by atoms with van der Waals surface area (Å²) in [7, 11) is 0. The summed E-state index contributed by atoms with van der Waals surface area (Å²) in [5, 5.41) is 2.81. The van der Waals surface area contributed by atoms with Crippen LogP contribution in [-0.4, -0.2) is 57.7 Å². The number of alkyl carbamates (subject to hydrolysis) is 1. The molecule has 2 aromatic heterocycles. The SMILES string of the molecule is CC(C)NC(=O)OC[C@H]1C[C@@H]2CCN1C[C@@H]2c1cc(C2CCCC2)nc(-c2ccncc2)n1. The van der Waals surface area contributed by atoms with E-state index in [2.05, 4.69) is 21.3 Å². The zero-order valence-electron chi connectivity index (χ0n) is 19.7. The quantitative estimate of drug-likeness (QED) is 0.699. The highest BCUT2D eigenvalue weighted by molar-refractivity contribution is 5.67. The number of piperidine rings is 3. The van der Waals surface area contributed by atoms with Crippen molar-refractivity contribution < 1.29 is 9.53 Å². The molecule has 1 aliphatic carbocycles. The summed E-state index contributed by atoms with van der Waals surface area (Å²) in [5.74, 6) is 2.35. The van der Waals surface area contributed by atoms with Gasteiger partial charge in [-0.15, -0.1) is 0 Å². The number of ether oxygens (including phenoxy) is 1. The van der Waals surface area contributed by atoms with Crippen molar-refractivity contribution in [3.63, 3.8) is 0 Å². The van der Waals surface area contributed by atoms with Gasteiger partial charge in [-0.2, -0.15) is 0 Å². The molecule has 2 aromatic rings. The number of hydrogen-bond donors (Lipinski definition) is 1. The van der Waals surface area contributed by atoms with Gasteiger partial charge in [-0.3, -0.25) is 9.88 Å². The molecular formula is C26H35N5O2. The van der Waals surface area contributed by atoms with Gasteiger partial charge in [0.1, 0.15) is 6.61 Å². The predicted molar refractivity (Wildman–Crippen MR) is 127 cm³/mol. The van der Waals surface area contributed by atoms with Crippen LogP contribution >= 0.6 is 0 Å². The van der Waals surface area contributed by atoms with Gasteiger partial charge in [0.2, 0.25) is 0 Å². The number of hydrogen-bond acceptors (Lipinski definition) is 6. The number of pyridine rings is 1. The minimum atomic E-state index is -0.316. The molecule has 3 aliphatic heterocycles. The minimum Gasteiger partial charge on any atom is -0.448 e. The zero-order valence-corrected chi connectivity index (χ0v) is 19.7. The second-order valence-electron chi connectivity index (χ2n) is 10.2. The van der Waals surface area contributed by atoms with Crippen molar-refractivity contribution in [1.29, 1.82) is 0 Å². The summed E-state index contributed by atoms with van der Waals surface area (Å²) in [6.45, 7) is 6.39. The van der Waals surface area contributed by atoms with Gasteiger partial charge in [-0.05, 0) is 70.2 Å². The van der Waals surface area contributed by atoms with Gasteiger partial charge in [0.05, 0.1) is 0 Å². The highest BCUT2D eigenvalue weighted by atomic mass is 16.5. The lowest BCUT2D eigenvalue weighted by Crippen LogP contribution is -2.54. The number of amides is 1. The standard InChI is InChI=1S/C26H35N5O2/c1-17(2)28-26(32)33-16-21-13-20-9-12-31(21)15-22(20)24-14-23(18-5-3-4-6-18)29-25(30-24)19-7-10-27-11-8-19/h7-8,10-11,14,17-18,20-22H,3-6,9,12-13,15-16H2,1-2H3,(H,28,32)/t20-,21+,22-/m0/s1. The minimum absolute atomic E-state index is 0.0893. The molecule has 4 atom stereocenters. The van der Waals surface area contributed by atoms with E-state index in [-0.39, 0.29) is 12.1 Å². The monoisotopic (exact) mass is 449 g/mol. The maximum absolute atomic E-state index is 12.0. The van der Waals surface area contributed by atoms with Crippen LogP contribution in [-0.2, 0) is 4.74 Å². The average Bonchev–Trinajstić information content (AvgIpc) is 3.38. The van der Waals surface area contributed by atoms with E-state index < -0.39 is 0 Å². The molecule has 6 rings (SSSR count). The van der Waals surface area contributed by atoms with Crippen molar-refractivity contribution in [3.8, 4) is 11.4 Å². The molecule has 1 N–H and O–H groups in total. The Morgan fingerprint density at radius 2 is 1.91 bits per heavy atom. The molecule has 4 fully saturated rings. The molecule has 176 valence electrons. The highest BCUT2D eigenvalue weighted by Gasteiger charge is 2.42. The molecule has 33 heavy (non-hydrogen) atoms. The summed E-state index contributed by atoms with van der Waals surface area (Å²) in [4.78, 5) is 28.7. The zero-order chi connectivity index (χ0) is 22.8. The maximum atomic E-state index is 12.0. The Labute approximate surface area is 196 Å². The lowest BCUT2D eigenvalue weighted by Gasteiger charge is -2.49. The summed E-state index contributed by atoms with van der Waals surface area (Å²) >= 11 is 0. The van der Waals surface area contributed by atoms with E-state index >= 15 is 0 Å². The maximum Gasteiger partial charge on any atom is 0.407 e. The smallest absolute Gasteiger partial charge is 0.407 e. The Morgan fingerprint density at radius 3 is 2.61 bits per heavy atom. The van der Waals surface area contributed by atoms with Crippen LogP contribution in [0.25, 0.3) is 11.4 Å². The largest absolute Gasteiger partial charge is 0.448 e. The fraction of sp³-hybridized carbons (Fsp3) is 0.615. The van der Waals surface area contributed by atoms with Crippen LogP contribution in [0.5, 0.6) is 0 Å². The molecule has 1 unspecified atom stereocenters. The van der Waals surface area contributed by atoms with E-state index in [1.165, 1.54) is 43.5 Å². The molecule has 0 spiro atoms. The molecule has 7 heteroatoms. The molecule has 0 aromatic carbocycles. The molecular weight excluding hydrogens is 414 g/mol. The Hall–Kier alpha value is -2.54. The summed E-state index contributed by atoms with van der Waals surface area (Å²) in [5.41, 5.74) is 3.44. The van der Waals surface area contributed by atoms with Crippen molar-refractivity contribution in [2.45, 2.75) is 76.3 Å². The van der Waals surface area contributed by atoms with E-state index in [9.17, 15) is 4.79 Å². The fourth-order valence-electron chi connectivity index (χ4n) is 5.83. The van der Waals surface area contributed by atoms with Crippen LogP contribution in [0.3, 0.4) is 0 Å². The number of fused-ring (bicyclic) bond motifs is 3. The summed E-state index contributed by atoms with van der Waals surface area (Å²) in [6.07, 6.45) is 10.6. The van der Waals surface area contributed by atoms with Crippen LogP contribution in [0.2, 0.25) is 0 Å². The van der Waals surface area contributed by atoms with Gasteiger partial charge in [0, 0.05) is 59.8 Å². The first-order chi connectivity index (χ1) is 16.1. The number of nitrogens with one attached hydrogen (secondary N) is 1. The predicted octanol–water partition coefficient (Wildman–Crippen LogP) is 4.51. The Bertz CT molecular complexity index is 960. The number of aromatic nitrogens is 3. The summed E-state index contributed by atoms with van der Waals surface area (Å²) in [6, 6.07) is 6.70. The van der Waals surface area contributed by atoms with E-state index in [4.69, 9.17) is 14.7 Å². The van der Waals surface area contributed by atoms with Crippen LogP contribution in [0.1, 0.15) is 75.6 Å². The van der Waals surface area contributed by atoms with E-state index in [1.54, 1.807) is 0 Å². The van der Waals surface area contributed by atoms with E-state index in [1.807, 2.05) is 38.4 Å². The fourth-order valence-corrected chi connectivity index (χ4v) is 5.83. The van der Waals surface area contributed by atoms with Crippen LogP contribution < -0.4 is 5.32 Å². The van der Waals surface area contributed by atoms with Gasteiger partial charge < -0.3 is 10.1 Å². The van der Waals surface area contributed by atoms with Gasteiger partial charge in [0.15, 0.2) is 5.82 Å². The lowest BCUT2D eigenvalue weighted by atomic mass is 9.74. The van der Waals surface area contributed by atoms with Crippen molar-refractivity contribution in [1.82, 2.24) is 25.2 Å². The Morgan fingerprint density at radius 1 is 1.15 bits per heavy atom. The van der Waals surface area contributed by atoms with Crippen molar-refractivity contribution in [2.24, 2.45) is 5.92 Å². The van der Waals surface area contributed by atoms with Gasteiger partial charge >= 0.3 is 6.09 Å². The highest BCUT2D eigenvalue weighted by Crippen LogP contribution is 2.43. The third kappa shape index (κ3) is 5.03. The second kappa shape index (κ2) is 9.75. The number of rotatable bonds is 6. The summed E-state index contributed by atoms with van der Waals surface area (Å²) < 4.78 is 5.53. The second-order valence-corrected chi connectivity index (χ2v) is 10.2. The normalized spacial score (nSPS) is 27.1. The number of carbonyl (C=O) groups is 1. The third-order valence-electron chi connectivity index (χ3n) is 7.55. The topological polar surface area (TPSA) is 80.2 Å². The lowest BCUT2D eigenvalue weighted by molar-refractivity contribution is -0.00372. The molecule has 0 radical (unpaired) electrons. The van der Waals surface area contributed by atoms with Crippen molar-refractivity contribution in [3.05, 3.63) is 42.0 Å². The molecule has 1 amide bonds.